The quantitative estimate of drug-likeness (QED) is 0.333. The highest BCUT2D eigenvalue weighted by molar-refractivity contribution is 7.07. The number of carbonyl (C=O) groups excluding carboxylic acids is 2. The van der Waals surface area contributed by atoms with Gasteiger partial charge in [0, 0.05) is 18.6 Å². The van der Waals surface area contributed by atoms with E-state index >= 15 is 0 Å². The Labute approximate surface area is 222 Å². The summed E-state index contributed by atoms with van der Waals surface area (Å²) in [4.78, 5) is 43.2. The highest BCUT2D eigenvalue weighted by Crippen LogP contribution is 2.36. The first-order valence-corrected chi connectivity index (χ1v) is 12.2. The summed E-state index contributed by atoms with van der Waals surface area (Å²) >= 11 is 1.19. The number of benzene rings is 2. The van der Waals surface area contributed by atoms with Crippen LogP contribution in [0.2, 0.25) is 0 Å². The fourth-order valence-electron chi connectivity index (χ4n) is 4.18. The lowest BCUT2D eigenvalue weighted by Gasteiger charge is -2.25. The molecule has 3 aromatic rings. The van der Waals surface area contributed by atoms with Crippen LogP contribution >= 0.6 is 11.3 Å². The average molecular weight is 539 g/mol. The zero-order valence-electron chi connectivity index (χ0n) is 21.7. The summed E-state index contributed by atoms with van der Waals surface area (Å²) in [7, 11) is 5.79. The van der Waals surface area contributed by atoms with Crippen LogP contribution in [0.5, 0.6) is 23.0 Å². The lowest BCUT2D eigenvalue weighted by atomic mass is 9.95. The summed E-state index contributed by atoms with van der Waals surface area (Å²) in [6, 6.07) is 9.26. The van der Waals surface area contributed by atoms with E-state index in [0.717, 1.165) is 0 Å². The monoisotopic (exact) mass is 538 g/mol. The van der Waals surface area contributed by atoms with Crippen LogP contribution < -0.4 is 33.8 Å². The Balaban J connectivity index is 1.95. The van der Waals surface area contributed by atoms with E-state index in [9.17, 15) is 14.4 Å². The van der Waals surface area contributed by atoms with Crippen LogP contribution in [-0.4, -0.2) is 44.9 Å². The van der Waals surface area contributed by atoms with Crippen LogP contribution in [0.15, 0.2) is 57.5 Å². The minimum Gasteiger partial charge on any atom is -0.497 e. The Hall–Kier alpha value is -4.38. The number of methoxy groups -OCH3 is 4. The summed E-state index contributed by atoms with van der Waals surface area (Å²) < 4.78 is 28.3. The van der Waals surface area contributed by atoms with Crippen LogP contribution in [0.25, 0.3) is 6.08 Å². The fraction of sp³-hybridized carbons (Fsp3) is 0.259. The van der Waals surface area contributed by atoms with Crippen molar-refractivity contribution in [3.05, 3.63) is 78.5 Å². The van der Waals surface area contributed by atoms with Gasteiger partial charge in [-0.3, -0.25) is 14.2 Å². The van der Waals surface area contributed by atoms with Gasteiger partial charge in [0.2, 0.25) is 0 Å². The van der Waals surface area contributed by atoms with Gasteiger partial charge < -0.3 is 23.7 Å². The highest BCUT2D eigenvalue weighted by atomic mass is 32.1. The molecule has 0 saturated carbocycles. The van der Waals surface area contributed by atoms with Crippen LogP contribution in [0.4, 0.5) is 0 Å². The summed E-state index contributed by atoms with van der Waals surface area (Å²) in [6.45, 7) is 2.97. The van der Waals surface area contributed by atoms with Gasteiger partial charge in [0.1, 0.15) is 11.5 Å². The summed E-state index contributed by atoms with van der Waals surface area (Å²) in [5.74, 6) is 0.494. The fourth-order valence-corrected chi connectivity index (χ4v) is 5.22. The Bertz CT molecular complexity index is 1630. The van der Waals surface area contributed by atoms with Crippen molar-refractivity contribution >= 4 is 29.4 Å². The van der Waals surface area contributed by atoms with Crippen molar-refractivity contribution in [1.82, 2.24) is 4.57 Å². The van der Waals surface area contributed by atoms with Crippen LogP contribution in [0.1, 0.15) is 31.0 Å². The second kappa shape index (κ2) is 10.9. The maximum atomic E-state index is 13.8. The topological polar surface area (TPSA) is 115 Å². The SMILES string of the molecule is COC(=O)C1=C(C)N=c2s/c(=C\c3ccc(OC)cc3OC)c(=O)n2C1c1ccc(OC(C)=O)c(OC)c1. The molecule has 4 rings (SSSR count). The van der Waals surface area contributed by atoms with E-state index in [4.69, 9.17) is 23.7 Å². The lowest BCUT2D eigenvalue weighted by Crippen LogP contribution is -2.39. The number of aromatic nitrogens is 1. The molecule has 1 aliphatic heterocycles. The average Bonchev–Trinajstić information content (AvgIpc) is 3.21. The second-order valence-corrected chi connectivity index (χ2v) is 9.19. The minimum atomic E-state index is -0.862. The molecule has 0 amide bonds. The van der Waals surface area contributed by atoms with Gasteiger partial charge in [-0.05, 0) is 42.8 Å². The predicted octanol–water partition coefficient (Wildman–Crippen LogP) is 2.36. The number of ether oxygens (including phenoxy) is 5. The van der Waals surface area contributed by atoms with E-state index in [1.807, 2.05) is 0 Å². The molecule has 2 heterocycles. The number of nitrogens with zero attached hydrogens (tertiary/aromatic N) is 2. The molecule has 0 aliphatic carbocycles. The number of carbonyl (C=O) groups is 2. The van der Waals surface area contributed by atoms with Gasteiger partial charge in [-0.15, -0.1) is 0 Å². The molecular formula is C27H26N2O8S. The summed E-state index contributed by atoms with van der Waals surface area (Å²) in [5.41, 5.74) is 1.48. The first-order valence-electron chi connectivity index (χ1n) is 11.4. The Kier molecular flexibility index (Phi) is 7.67. The molecule has 0 fully saturated rings. The number of fused-ring (bicyclic) bond motifs is 1. The Morgan fingerprint density at radius 1 is 0.974 bits per heavy atom. The van der Waals surface area contributed by atoms with E-state index in [0.29, 0.717) is 37.7 Å². The second-order valence-electron chi connectivity index (χ2n) is 8.19. The third-order valence-corrected chi connectivity index (χ3v) is 6.89. The molecule has 10 nitrogen and oxygen atoms in total. The minimum absolute atomic E-state index is 0.204. The van der Waals surface area contributed by atoms with Gasteiger partial charge in [0.05, 0.1) is 50.3 Å². The Morgan fingerprint density at radius 2 is 1.71 bits per heavy atom. The normalized spacial score (nSPS) is 14.9. The van der Waals surface area contributed by atoms with E-state index in [-0.39, 0.29) is 22.6 Å². The van der Waals surface area contributed by atoms with Crippen molar-refractivity contribution in [2.75, 3.05) is 28.4 Å². The van der Waals surface area contributed by atoms with Crippen molar-refractivity contribution < 1.29 is 33.3 Å². The molecule has 0 saturated heterocycles. The van der Waals surface area contributed by atoms with Gasteiger partial charge in [0.15, 0.2) is 16.3 Å². The molecule has 0 spiro atoms. The smallest absolute Gasteiger partial charge is 0.338 e. The van der Waals surface area contributed by atoms with Crippen molar-refractivity contribution in [2.45, 2.75) is 19.9 Å². The van der Waals surface area contributed by atoms with Crippen molar-refractivity contribution in [1.29, 1.82) is 0 Å². The van der Waals surface area contributed by atoms with Gasteiger partial charge in [-0.1, -0.05) is 17.4 Å². The van der Waals surface area contributed by atoms with Crippen molar-refractivity contribution in [2.24, 2.45) is 4.99 Å². The number of rotatable bonds is 7. The van der Waals surface area contributed by atoms with Gasteiger partial charge >= 0.3 is 11.9 Å². The predicted molar refractivity (Wildman–Crippen MR) is 140 cm³/mol. The number of esters is 2. The molecule has 1 aromatic heterocycles. The van der Waals surface area contributed by atoms with Crippen molar-refractivity contribution in [3.63, 3.8) is 0 Å². The van der Waals surface area contributed by atoms with Crippen molar-refractivity contribution in [3.8, 4) is 23.0 Å². The maximum Gasteiger partial charge on any atom is 0.338 e. The molecule has 1 atom stereocenters. The van der Waals surface area contributed by atoms with Crippen LogP contribution in [-0.2, 0) is 14.3 Å². The number of thiazole rings is 1. The number of hydrogen-bond donors (Lipinski definition) is 0. The van der Waals surface area contributed by atoms with E-state index < -0.39 is 18.0 Å². The summed E-state index contributed by atoms with van der Waals surface area (Å²) in [6.07, 6.45) is 1.71. The standard InChI is InChI=1S/C27H26N2O8S/c1-14-23(26(32)36-6)24(17-8-10-19(37-15(2)30)21(11-17)35-5)29-25(31)22(38-27(29)28-14)12-16-7-9-18(33-3)13-20(16)34-4/h7-13,24H,1-6H3/b22-12-. The van der Waals surface area contributed by atoms with E-state index in [1.165, 1.54) is 44.2 Å². The maximum absolute atomic E-state index is 13.8. The zero-order chi connectivity index (χ0) is 27.6. The molecule has 1 unspecified atom stereocenters. The van der Waals surface area contributed by atoms with Crippen LogP contribution in [0.3, 0.4) is 0 Å². The van der Waals surface area contributed by atoms with Gasteiger partial charge in [0.25, 0.3) is 5.56 Å². The molecule has 198 valence electrons. The molecule has 38 heavy (non-hydrogen) atoms. The Morgan fingerprint density at radius 3 is 2.34 bits per heavy atom. The van der Waals surface area contributed by atoms with Gasteiger partial charge in [-0.25, -0.2) is 9.79 Å². The molecule has 1 aliphatic rings. The number of allylic oxidation sites excluding steroid dienone is 1. The lowest BCUT2D eigenvalue weighted by molar-refractivity contribution is -0.136. The first-order chi connectivity index (χ1) is 18.2. The van der Waals surface area contributed by atoms with E-state index in [1.54, 1.807) is 56.5 Å². The molecule has 0 N–H and O–H groups in total. The molecule has 0 radical (unpaired) electrons. The molecule has 2 aromatic carbocycles. The molecular weight excluding hydrogens is 512 g/mol. The third-order valence-electron chi connectivity index (χ3n) is 5.91. The van der Waals surface area contributed by atoms with E-state index in [2.05, 4.69) is 4.99 Å². The van der Waals surface area contributed by atoms with Gasteiger partial charge in [-0.2, -0.15) is 0 Å². The first kappa shape index (κ1) is 26.7. The summed E-state index contributed by atoms with van der Waals surface area (Å²) in [5, 5.41) is 0. The zero-order valence-corrected chi connectivity index (χ0v) is 22.5. The number of hydrogen-bond acceptors (Lipinski definition) is 10. The third kappa shape index (κ3) is 4.92. The molecule has 11 heteroatoms. The molecule has 0 bridgehead atoms. The van der Waals surface area contributed by atoms with Crippen LogP contribution in [0, 0.1) is 0 Å². The largest absolute Gasteiger partial charge is 0.497 e. The highest BCUT2D eigenvalue weighted by Gasteiger charge is 2.33.